The molecule has 0 amide bonds. The molecule has 8 N–H and O–H groups in total. The molecule has 1 fully saturated rings. The molecule has 22 heteroatoms. The lowest BCUT2D eigenvalue weighted by molar-refractivity contribution is 0.00932. The Bertz CT molecular complexity index is 3330. The lowest BCUT2D eigenvalue weighted by atomic mass is 9.99. The first kappa shape index (κ1) is 49.6. The predicted molar refractivity (Wildman–Crippen MR) is 282 cm³/mol. The maximum absolute atomic E-state index is 11.4. The molecule has 0 bridgehead atoms. The third-order valence-electron chi connectivity index (χ3n) is 13.1. The average Bonchev–Trinajstić information content (AvgIpc) is 3.86. The predicted octanol–water partition coefficient (Wildman–Crippen LogP) is 7.51. The summed E-state index contributed by atoms with van der Waals surface area (Å²) in [6.45, 7) is 10.7. The molecule has 0 radical (unpaired) electrons. The first-order valence-electron chi connectivity index (χ1n) is 25.2. The summed E-state index contributed by atoms with van der Waals surface area (Å²) in [6.07, 6.45) is 15.5. The van der Waals surface area contributed by atoms with Gasteiger partial charge in [-0.15, -0.1) is 0 Å². The van der Waals surface area contributed by atoms with Gasteiger partial charge in [0.1, 0.15) is 39.5 Å². The molecule has 9 aromatic rings. The molecular formula is C52H63N17O5. The van der Waals surface area contributed by atoms with Crippen LogP contribution in [-0.2, 0) is 42.2 Å². The van der Waals surface area contributed by atoms with Crippen molar-refractivity contribution in [3.63, 3.8) is 0 Å². The van der Waals surface area contributed by atoms with E-state index >= 15 is 0 Å². The van der Waals surface area contributed by atoms with Crippen LogP contribution in [0.5, 0.6) is 0 Å². The van der Waals surface area contributed by atoms with Gasteiger partial charge in [0, 0.05) is 81.6 Å². The molecule has 2 unspecified atom stereocenters. The minimum absolute atomic E-state index is 0.0705. The molecule has 0 saturated heterocycles. The highest BCUT2D eigenvalue weighted by molar-refractivity contribution is 5.89. The quantitative estimate of drug-likeness (QED) is 0.0272. The normalized spacial score (nSPS) is 14.2. The zero-order chi connectivity index (χ0) is 51.0. The summed E-state index contributed by atoms with van der Waals surface area (Å²) in [7, 11) is 0. The molecular weight excluding hydrogens is 943 g/mol. The second kappa shape index (κ2) is 22.4. The summed E-state index contributed by atoms with van der Waals surface area (Å²) >= 11 is 0. The molecule has 1 aliphatic rings. The van der Waals surface area contributed by atoms with Gasteiger partial charge in [0.2, 0.25) is 11.9 Å². The standard InChI is InChI=1S/C52H63N17O5/c1-4-7-43-59-38-13-21-69(32-35-8-5-6-17-55-35)46(38)47(62-43)56-18-15-52(3,70)16-25-72-27-23-68-20-12-40-45(68)48(63-50(53)61-40)57-30-36-28-41(73-65-36)33(2)14-24-71-26-22-67-19-11-39-44(67)49(64-51(54)60-39)58-31-37-29-42(74-66-37)34-9-10-34/h4-8,11-13,17,19-21,28-29,33-34,70H,9-10,14-16,18,22-27,30-32H2,1-3H3,(H,56,59,62)(H3,53,57,61,63)(H3,54,58,60,64). The summed E-state index contributed by atoms with van der Waals surface area (Å²) in [4.78, 5) is 32.0. The van der Waals surface area contributed by atoms with E-state index in [2.05, 4.69) is 67.2 Å². The van der Waals surface area contributed by atoms with E-state index in [0.29, 0.717) is 113 Å². The average molecular weight is 1010 g/mol. The number of hydrogen-bond donors (Lipinski definition) is 6. The van der Waals surface area contributed by atoms with Crippen LogP contribution in [-0.4, -0.2) is 103 Å². The van der Waals surface area contributed by atoms with Gasteiger partial charge in [-0.1, -0.05) is 29.4 Å². The van der Waals surface area contributed by atoms with Gasteiger partial charge >= 0.3 is 0 Å². The van der Waals surface area contributed by atoms with Crippen LogP contribution >= 0.6 is 0 Å². The Hall–Kier alpha value is -7.95. The van der Waals surface area contributed by atoms with Crippen molar-refractivity contribution in [3.8, 4) is 0 Å². The summed E-state index contributed by atoms with van der Waals surface area (Å²) < 4.78 is 29.7. The number of pyridine rings is 1. The molecule has 9 heterocycles. The van der Waals surface area contributed by atoms with Crippen LogP contribution in [0.3, 0.4) is 0 Å². The van der Waals surface area contributed by atoms with E-state index in [0.717, 1.165) is 75.4 Å². The highest BCUT2D eigenvalue weighted by Gasteiger charge is 2.28. The Balaban J connectivity index is 0.664. The SMILES string of the molecule is CC=Cc1nc(NCCC(C)(O)CCOCCn2ccc3nc(N)nc(NCc4cc(C(C)CCOCCn5ccc6nc(N)nc(NCc7cc(C8CC8)on7)c65)on4)c32)c2c(ccn2Cc2ccccn2)n1. The van der Waals surface area contributed by atoms with E-state index in [-0.39, 0.29) is 17.8 Å². The maximum atomic E-state index is 11.4. The molecule has 2 atom stereocenters. The third-order valence-corrected chi connectivity index (χ3v) is 13.1. The fourth-order valence-corrected chi connectivity index (χ4v) is 8.90. The second-order valence-electron chi connectivity index (χ2n) is 19.0. The highest BCUT2D eigenvalue weighted by Crippen LogP contribution is 2.40. The molecule has 9 aromatic heterocycles. The Morgan fingerprint density at radius 1 is 0.730 bits per heavy atom. The van der Waals surface area contributed by atoms with Crippen LogP contribution in [0.25, 0.3) is 39.2 Å². The second-order valence-corrected chi connectivity index (χ2v) is 19.0. The van der Waals surface area contributed by atoms with Crippen molar-refractivity contribution < 1.29 is 23.6 Å². The first-order chi connectivity index (χ1) is 36.1. The van der Waals surface area contributed by atoms with Crippen molar-refractivity contribution in [2.45, 2.75) is 103 Å². The zero-order valence-corrected chi connectivity index (χ0v) is 41.9. The Labute approximate surface area is 427 Å². The van der Waals surface area contributed by atoms with E-state index in [9.17, 15) is 5.11 Å². The Morgan fingerprint density at radius 2 is 1.35 bits per heavy atom. The Morgan fingerprint density at radius 3 is 2.01 bits per heavy atom. The van der Waals surface area contributed by atoms with E-state index in [1.807, 2.05) is 97.7 Å². The number of nitrogens with two attached hydrogens (primary N) is 2. The van der Waals surface area contributed by atoms with Crippen molar-refractivity contribution in [1.82, 2.24) is 58.9 Å². The van der Waals surface area contributed by atoms with Crippen LogP contribution in [0, 0.1) is 0 Å². The largest absolute Gasteiger partial charge is 0.390 e. The first-order valence-corrected chi connectivity index (χ1v) is 25.2. The van der Waals surface area contributed by atoms with Gasteiger partial charge in [-0.3, -0.25) is 4.98 Å². The van der Waals surface area contributed by atoms with Crippen LogP contribution in [0.4, 0.5) is 29.4 Å². The van der Waals surface area contributed by atoms with Crippen molar-refractivity contribution >= 4 is 68.5 Å². The molecule has 0 aliphatic heterocycles. The van der Waals surface area contributed by atoms with Gasteiger partial charge in [-0.05, 0) is 82.4 Å². The van der Waals surface area contributed by atoms with Crippen LogP contribution in [0.15, 0.2) is 88.4 Å². The number of allylic oxidation sites excluding steroid dienone is 1. The van der Waals surface area contributed by atoms with Crippen molar-refractivity contribution in [3.05, 3.63) is 114 Å². The number of rotatable bonds is 27. The lowest BCUT2D eigenvalue weighted by Gasteiger charge is -2.23. The van der Waals surface area contributed by atoms with Gasteiger partial charge in [-0.2, -0.15) is 9.97 Å². The number of aromatic nitrogens is 12. The van der Waals surface area contributed by atoms with E-state index in [1.165, 1.54) is 0 Å². The van der Waals surface area contributed by atoms with Crippen molar-refractivity contribution in [1.29, 1.82) is 0 Å². The zero-order valence-electron chi connectivity index (χ0n) is 41.9. The number of hydrogen-bond acceptors (Lipinski definition) is 19. The smallest absolute Gasteiger partial charge is 0.222 e. The molecule has 22 nitrogen and oxygen atoms in total. The van der Waals surface area contributed by atoms with E-state index < -0.39 is 5.60 Å². The minimum atomic E-state index is -0.980. The fourth-order valence-electron chi connectivity index (χ4n) is 8.90. The van der Waals surface area contributed by atoms with Crippen molar-refractivity contribution in [2.24, 2.45) is 0 Å². The molecule has 386 valence electrons. The van der Waals surface area contributed by atoms with Gasteiger partial charge in [0.05, 0.1) is 60.7 Å². The number of nitrogens with one attached hydrogen (secondary N) is 3. The van der Waals surface area contributed by atoms with E-state index in [1.54, 1.807) is 6.20 Å². The van der Waals surface area contributed by atoms with Crippen LogP contribution < -0.4 is 27.4 Å². The Kier molecular flexibility index (Phi) is 15.0. The summed E-state index contributed by atoms with van der Waals surface area (Å²) in [6, 6.07) is 15.7. The molecule has 0 aromatic carbocycles. The highest BCUT2D eigenvalue weighted by atomic mass is 16.5. The van der Waals surface area contributed by atoms with Crippen molar-refractivity contribution in [2.75, 3.05) is 60.4 Å². The number of anilines is 5. The number of fused-ring (bicyclic) bond motifs is 3. The molecule has 1 aliphatic carbocycles. The number of nitrogens with zero attached hydrogens (tertiary/aromatic N) is 12. The summed E-state index contributed by atoms with van der Waals surface area (Å²) in [5.41, 5.74) is 18.5. The fraction of sp³-hybridized carbons (Fsp3) is 0.404. The van der Waals surface area contributed by atoms with Gasteiger partial charge < -0.3 is 64.7 Å². The van der Waals surface area contributed by atoms with E-state index in [4.69, 9.17) is 40.0 Å². The minimum Gasteiger partial charge on any atom is -0.390 e. The third kappa shape index (κ3) is 12.1. The molecule has 74 heavy (non-hydrogen) atoms. The van der Waals surface area contributed by atoms with Gasteiger partial charge in [0.25, 0.3) is 0 Å². The molecule has 1 saturated carbocycles. The molecule has 0 spiro atoms. The van der Waals surface area contributed by atoms with Crippen LogP contribution in [0.1, 0.15) is 99.1 Å². The monoisotopic (exact) mass is 1010 g/mol. The lowest BCUT2D eigenvalue weighted by Crippen LogP contribution is -2.29. The summed E-state index contributed by atoms with van der Waals surface area (Å²) in [5, 5.41) is 30.2. The summed E-state index contributed by atoms with van der Waals surface area (Å²) in [5.74, 6) is 5.16. The van der Waals surface area contributed by atoms with Gasteiger partial charge in [0.15, 0.2) is 23.3 Å². The van der Waals surface area contributed by atoms with Crippen LogP contribution in [0.2, 0.25) is 0 Å². The van der Waals surface area contributed by atoms with Gasteiger partial charge in [-0.25, -0.2) is 19.9 Å². The number of nitrogen functional groups attached to an aromatic ring is 2. The topological polar surface area (TPSA) is 284 Å². The molecule has 10 rings (SSSR count). The number of aliphatic hydroxyl groups is 1. The maximum Gasteiger partial charge on any atom is 0.222 e. The number of ether oxygens (including phenoxy) is 2.